The van der Waals surface area contributed by atoms with Gasteiger partial charge in [-0.25, -0.2) is 4.98 Å². The summed E-state index contributed by atoms with van der Waals surface area (Å²) in [7, 11) is 1.54. The molecule has 46 heavy (non-hydrogen) atoms. The number of benzene rings is 2. The first-order valence-corrected chi connectivity index (χ1v) is 14.9. The van der Waals surface area contributed by atoms with Crippen LogP contribution in [0.3, 0.4) is 0 Å². The number of carbonyl (C=O) groups is 2. The molecular weight excluding hydrogens is 597 g/mol. The van der Waals surface area contributed by atoms with Gasteiger partial charge in [-0.3, -0.25) is 14.6 Å². The number of amides is 2. The van der Waals surface area contributed by atoms with E-state index < -0.39 is 17.8 Å². The van der Waals surface area contributed by atoms with E-state index >= 15 is 0 Å². The molecule has 6 N–H and O–H groups in total. The van der Waals surface area contributed by atoms with Crippen molar-refractivity contribution in [1.82, 2.24) is 9.97 Å². The molecule has 0 radical (unpaired) electrons. The Kier molecular flexibility index (Phi) is 9.98. The zero-order valence-corrected chi connectivity index (χ0v) is 25.2. The van der Waals surface area contributed by atoms with Crippen molar-refractivity contribution in [2.75, 3.05) is 17.7 Å². The van der Waals surface area contributed by atoms with E-state index in [2.05, 4.69) is 26.7 Å². The molecule has 2 aromatic heterocycles. The molecule has 2 amide bonds. The number of rotatable bonds is 5. The van der Waals surface area contributed by atoms with Crippen molar-refractivity contribution in [3.63, 3.8) is 0 Å². The van der Waals surface area contributed by atoms with Crippen LogP contribution in [0.4, 0.5) is 24.5 Å². The summed E-state index contributed by atoms with van der Waals surface area (Å²) in [6.45, 7) is 0. The molecule has 2 aliphatic rings. The number of carbonyl (C=O) groups excluding carboxylic acids is 2. The number of hydrogen-bond acceptors (Lipinski definition) is 7. The number of alkyl halides is 3. The Bertz CT molecular complexity index is 1690. The van der Waals surface area contributed by atoms with Gasteiger partial charge in [0.1, 0.15) is 5.69 Å². The molecule has 0 saturated heterocycles. The lowest BCUT2D eigenvalue weighted by molar-refractivity contribution is -0.141. The summed E-state index contributed by atoms with van der Waals surface area (Å²) in [5.74, 6) is -0.187. The average molecular weight is 633 g/mol. The fraction of sp³-hybridized carbons (Fsp3) is 0.294. The number of nitrogens with two attached hydrogens (primary N) is 2. The molecule has 4 aromatic rings. The number of aryl methyl sites for hydroxylation is 2. The normalized spacial score (nSPS) is 17.0. The molecule has 0 saturated carbocycles. The minimum Gasteiger partial charge on any atom is -0.481 e. The fourth-order valence-electron chi connectivity index (χ4n) is 5.46. The van der Waals surface area contributed by atoms with Crippen molar-refractivity contribution in [3.05, 3.63) is 112 Å². The van der Waals surface area contributed by atoms with Crippen LogP contribution >= 0.6 is 0 Å². The van der Waals surface area contributed by atoms with Gasteiger partial charge in [-0.1, -0.05) is 12.1 Å². The summed E-state index contributed by atoms with van der Waals surface area (Å²) in [6.07, 6.45) is 3.33. The molecule has 9 nitrogen and oxygen atoms in total. The molecule has 240 valence electrons. The monoisotopic (exact) mass is 632 g/mol. The number of halogens is 3. The Morgan fingerprint density at radius 2 is 1.24 bits per heavy atom. The predicted octanol–water partition coefficient (Wildman–Crippen LogP) is 5.33. The van der Waals surface area contributed by atoms with E-state index in [0.717, 1.165) is 68.1 Å². The third kappa shape index (κ3) is 8.26. The third-order valence-corrected chi connectivity index (χ3v) is 7.99. The minimum atomic E-state index is -4.52. The van der Waals surface area contributed by atoms with Crippen LogP contribution < -0.4 is 26.8 Å². The van der Waals surface area contributed by atoms with Gasteiger partial charge >= 0.3 is 6.18 Å². The smallest absolute Gasteiger partial charge is 0.433 e. The van der Waals surface area contributed by atoms with E-state index in [9.17, 15) is 22.8 Å². The van der Waals surface area contributed by atoms with Crippen molar-refractivity contribution in [1.29, 1.82) is 0 Å². The highest BCUT2D eigenvalue weighted by molar-refractivity contribution is 6.04. The maximum atomic E-state index is 12.5. The van der Waals surface area contributed by atoms with Crippen molar-refractivity contribution < 1.29 is 27.5 Å². The van der Waals surface area contributed by atoms with Gasteiger partial charge in [-0.15, -0.1) is 0 Å². The zero-order chi connectivity index (χ0) is 32.8. The van der Waals surface area contributed by atoms with E-state index in [1.807, 2.05) is 24.3 Å². The van der Waals surface area contributed by atoms with Crippen LogP contribution in [-0.2, 0) is 31.9 Å². The average Bonchev–Trinajstić information content (AvgIpc) is 3.05. The number of methoxy groups -OCH3 is 1. The van der Waals surface area contributed by atoms with Gasteiger partial charge in [-0.05, 0) is 103 Å². The van der Waals surface area contributed by atoms with Gasteiger partial charge in [0.25, 0.3) is 11.8 Å². The Morgan fingerprint density at radius 1 is 0.739 bits per heavy atom. The molecule has 0 aliphatic heterocycles. The first kappa shape index (κ1) is 32.6. The standard InChI is InChI=1S/C17H16F3N3O.C17H19N3O2/c18-17(19,20)15-6-3-12(9-22-15)16(24)23-14-5-2-10-7-13(21)4-1-11(10)8-14;1-22-16-7-4-13(10-19-16)17(21)20-15-6-3-11-8-14(18)5-2-12(11)9-15/h2-3,5-6,8-9,13H,1,4,7,21H2,(H,23,24);3-4,6-7,9-10,14H,2,5,8,18H2,1H3,(H,20,21)/t13-;14-/m00/s1. The molecule has 0 spiro atoms. The van der Waals surface area contributed by atoms with E-state index in [1.165, 1.54) is 22.9 Å². The van der Waals surface area contributed by atoms with Crippen LogP contribution in [0.15, 0.2) is 73.1 Å². The SMILES string of the molecule is COc1ccc(C(=O)Nc2ccc3c(c2)CC[C@H](N)C3)cn1.N[C@H]1CCc2cc(NC(=O)c3ccc(C(F)(F)F)nc3)ccc2C1. The topological polar surface area (TPSA) is 145 Å². The number of pyridine rings is 2. The largest absolute Gasteiger partial charge is 0.481 e. The first-order chi connectivity index (χ1) is 22.0. The second-order valence-corrected chi connectivity index (χ2v) is 11.4. The van der Waals surface area contributed by atoms with Crippen molar-refractivity contribution in [2.45, 2.75) is 56.8 Å². The summed E-state index contributed by atoms with van der Waals surface area (Å²) in [6, 6.07) is 17.3. The summed E-state index contributed by atoms with van der Waals surface area (Å²) in [5.41, 5.74) is 17.7. The van der Waals surface area contributed by atoms with E-state index in [1.54, 1.807) is 25.3 Å². The Labute approximate surface area is 264 Å². The molecule has 2 atom stereocenters. The number of nitrogens with one attached hydrogen (secondary N) is 2. The van der Waals surface area contributed by atoms with Crippen LogP contribution in [-0.4, -0.2) is 41.0 Å². The summed E-state index contributed by atoms with van der Waals surface area (Å²) < 4.78 is 42.4. The van der Waals surface area contributed by atoms with Crippen LogP contribution in [0.1, 0.15) is 61.5 Å². The second kappa shape index (κ2) is 14.1. The van der Waals surface area contributed by atoms with Gasteiger partial charge in [0, 0.05) is 41.9 Å². The Hall–Kier alpha value is -4.81. The molecule has 6 rings (SSSR count). The molecule has 2 heterocycles. The number of anilines is 2. The predicted molar refractivity (Wildman–Crippen MR) is 169 cm³/mol. The lowest BCUT2D eigenvalue weighted by atomic mass is 9.88. The van der Waals surface area contributed by atoms with E-state index in [-0.39, 0.29) is 23.6 Å². The second-order valence-electron chi connectivity index (χ2n) is 11.4. The lowest BCUT2D eigenvalue weighted by Crippen LogP contribution is -2.27. The van der Waals surface area contributed by atoms with Crippen LogP contribution in [0.25, 0.3) is 0 Å². The molecule has 0 unspecified atom stereocenters. The maximum Gasteiger partial charge on any atom is 0.433 e. The van der Waals surface area contributed by atoms with Crippen LogP contribution in [0, 0.1) is 0 Å². The van der Waals surface area contributed by atoms with Crippen molar-refractivity contribution >= 4 is 23.2 Å². The number of ether oxygens (including phenoxy) is 1. The first-order valence-electron chi connectivity index (χ1n) is 14.9. The van der Waals surface area contributed by atoms with E-state index in [4.69, 9.17) is 16.2 Å². The number of hydrogen-bond donors (Lipinski definition) is 4. The highest BCUT2D eigenvalue weighted by atomic mass is 19.4. The zero-order valence-electron chi connectivity index (χ0n) is 25.2. The summed E-state index contributed by atoms with van der Waals surface area (Å²) >= 11 is 0. The van der Waals surface area contributed by atoms with Gasteiger partial charge in [0.15, 0.2) is 0 Å². The quantitative estimate of drug-likeness (QED) is 0.233. The molecule has 0 fully saturated rings. The maximum absolute atomic E-state index is 12.5. The summed E-state index contributed by atoms with van der Waals surface area (Å²) in [5, 5.41) is 5.59. The number of fused-ring (bicyclic) bond motifs is 2. The van der Waals surface area contributed by atoms with Crippen molar-refractivity contribution in [2.24, 2.45) is 11.5 Å². The van der Waals surface area contributed by atoms with Gasteiger partial charge < -0.3 is 26.8 Å². The minimum absolute atomic E-state index is 0.0720. The Morgan fingerprint density at radius 3 is 1.65 bits per heavy atom. The highest BCUT2D eigenvalue weighted by Crippen LogP contribution is 2.28. The molecule has 0 bridgehead atoms. The van der Waals surface area contributed by atoms with Gasteiger partial charge in [-0.2, -0.15) is 13.2 Å². The van der Waals surface area contributed by atoms with Crippen LogP contribution in [0.2, 0.25) is 0 Å². The Balaban J connectivity index is 0.000000182. The number of aromatic nitrogens is 2. The molecule has 12 heteroatoms. The van der Waals surface area contributed by atoms with E-state index in [0.29, 0.717) is 17.1 Å². The summed E-state index contributed by atoms with van der Waals surface area (Å²) in [4.78, 5) is 31.7. The molecule has 2 aromatic carbocycles. The lowest BCUT2D eigenvalue weighted by Gasteiger charge is -2.22. The highest BCUT2D eigenvalue weighted by Gasteiger charge is 2.32. The third-order valence-electron chi connectivity index (χ3n) is 7.99. The van der Waals surface area contributed by atoms with Gasteiger partial charge in [0.2, 0.25) is 5.88 Å². The fourth-order valence-corrected chi connectivity index (χ4v) is 5.46. The van der Waals surface area contributed by atoms with Crippen molar-refractivity contribution in [3.8, 4) is 5.88 Å². The van der Waals surface area contributed by atoms with Crippen LogP contribution in [0.5, 0.6) is 5.88 Å². The molecular formula is C34H35F3N6O3. The van der Waals surface area contributed by atoms with Gasteiger partial charge in [0.05, 0.1) is 18.2 Å². The molecule has 2 aliphatic carbocycles. The number of nitrogens with zero attached hydrogens (tertiary/aromatic N) is 2.